The quantitative estimate of drug-likeness (QED) is 0.375. The second kappa shape index (κ2) is 7.98. The Hall–Kier alpha value is -2.22. The molecule has 0 heterocycles. The maximum atomic E-state index is 10.5. The number of hydrazone groups is 1. The van der Waals surface area contributed by atoms with Crippen molar-refractivity contribution >= 4 is 45.7 Å². The van der Waals surface area contributed by atoms with E-state index in [-0.39, 0.29) is 5.71 Å². The van der Waals surface area contributed by atoms with Crippen LogP contribution in [0, 0.1) is 0 Å². The number of oxime groups is 2. The van der Waals surface area contributed by atoms with E-state index >= 15 is 0 Å². The number of benzene rings is 1. The van der Waals surface area contributed by atoms with Crippen LogP contribution in [0.3, 0.4) is 0 Å². The van der Waals surface area contributed by atoms with Gasteiger partial charge in [-0.25, -0.2) is 4.79 Å². The number of hydrogen-bond acceptors (Lipinski definition) is 7. The topological polar surface area (TPSA) is 95.6 Å². The van der Waals surface area contributed by atoms with Crippen molar-refractivity contribution in [3.8, 4) is 0 Å². The van der Waals surface area contributed by atoms with Crippen LogP contribution in [0.25, 0.3) is 0 Å². The van der Waals surface area contributed by atoms with E-state index in [0.717, 1.165) is 16.9 Å². The lowest BCUT2D eigenvalue weighted by Crippen LogP contribution is -2.07. The van der Waals surface area contributed by atoms with Gasteiger partial charge in [0.15, 0.2) is 0 Å². The lowest BCUT2D eigenvalue weighted by Gasteiger charge is -2.02. The van der Waals surface area contributed by atoms with Gasteiger partial charge in [-0.05, 0) is 28.1 Å². The summed E-state index contributed by atoms with van der Waals surface area (Å²) in [6.07, 6.45) is 2.17. The van der Waals surface area contributed by atoms with Crippen molar-refractivity contribution in [2.75, 3.05) is 5.43 Å². The largest absolute Gasteiger partial charge is 0.411 e. The number of nitrogens with zero attached hydrogens (tertiary/aromatic N) is 3. The number of para-hydroxylation sites is 1. The molecule has 100 valence electrons. The van der Waals surface area contributed by atoms with E-state index in [1.807, 2.05) is 18.2 Å². The van der Waals surface area contributed by atoms with Crippen LogP contribution in [-0.4, -0.2) is 29.3 Å². The molecule has 0 aliphatic carbocycles. The minimum absolute atomic E-state index is 0.166. The molecule has 0 atom stereocenters. The lowest BCUT2D eigenvalue weighted by molar-refractivity contribution is -0.140. The Balaban J connectivity index is 2.76. The number of hydrogen-bond donors (Lipinski definition) is 2. The lowest BCUT2D eigenvalue weighted by atomic mass is 10.3. The van der Waals surface area contributed by atoms with Gasteiger partial charge in [-0.15, -0.1) is 0 Å². The van der Waals surface area contributed by atoms with E-state index in [1.54, 1.807) is 6.07 Å². The third-order valence-electron chi connectivity index (χ3n) is 1.74. The molecule has 0 amide bonds. The SMILES string of the molecule is CC(=O)O\N=C/C(/C=N\O)=N\Nc1ccccc1Br. The smallest absolute Gasteiger partial charge is 0.331 e. The fraction of sp³-hybridized carbons (Fsp3) is 0.0909. The maximum absolute atomic E-state index is 10.5. The average Bonchev–Trinajstić information content (AvgIpc) is 2.37. The van der Waals surface area contributed by atoms with Crippen LogP contribution in [-0.2, 0) is 9.63 Å². The summed E-state index contributed by atoms with van der Waals surface area (Å²) in [7, 11) is 0. The van der Waals surface area contributed by atoms with Crippen LogP contribution < -0.4 is 5.43 Å². The summed E-state index contributed by atoms with van der Waals surface area (Å²) < 4.78 is 0.816. The highest BCUT2D eigenvalue weighted by Crippen LogP contribution is 2.20. The van der Waals surface area contributed by atoms with Crippen molar-refractivity contribution < 1.29 is 14.8 Å². The summed E-state index contributed by atoms with van der Waals surface area (Å²) >= 11 is 3.34. The Kier molecular flexibility index (Phi) is 6.23. The molecule has 1 aromatic carbocycles. The Morgan fingerprint density at radius 3 is 2.79 bits per heavy atom. The number of anilines is 1. The maximum Gasteiger partial charge on any atom is 0.331 e. The molecule has 0 aromatic heterocycles. The molecule has 0 bridgehead atoms. The summed E-state index contributed by atoms with van der Waals surface area (Å²) in [4.78, 5) is 14.9. The summed E-state index contributed by atoms with van der Waals surface area (Å²) in [6.45, 7) is 1.22. The van der Waals surface area contributed by atoms with Crippen LogP contribution in [0.4, 0.5) is 5.69 Å². The summed E-state index contributed by atoms with van der Waals surface area (Å²) in [5, 5.41) is 18.6. The molecule has 1 rings (SSSR count). The van der Waals surface area contributed by atoms with Crippen LogP contribution in [0.1, 0.15) is 6.92 Å². The molecule has 1 aromatic rings. The zero-order valence-electron chi connectivity index (χ0n) is 9.95. The zero-order chi connectivity index (χ0) is 14.1. The van der Waals surface area contributed by atoms with Gasteiger partial charge in [-0.2, -0.15) is 5.10 Å². The van der Waals surface area contributed by atoms with Crippen molar-refractivity contribution in [3.05, 3.63) is 28.7 Å². The number of carbonyl (C=O) groups is 1. The Morgan fingerprint density at radius 1 is 1.42 bits per heavy atom. The summed E-state index contributed by atoms with van der Waals surface area (Å²) in [6, 6.07) is 7.32. The Bertz CT molecular complexity index is 528. The van der Waals surface area contributed by atoms with E-state index in [9.17, 15) is 4.79 Å². The van der Waals surface area contributed by atoms with Crippen molar-refractivity contribution in [2.24, 2.45) is 15.4 Å². The first kappa shape index (κ1) is 14.8. The fourth-order valence-corrected chi connectivity index (χ4v) is 1.35. The standard InChI is InChI=1S/C11H11BrN4O3/c1-8(17)19-14-7-9(6-13-18)15-16-11-5-3-2-4-10(11)12/h2-7,16,18H,1H3/b13-6-,14-7-,15-9-. The second-order valence-electron chi connectivity index (χ2n) is 3.19. The Morgan fingerprint density at radius 2 is 2.16 bits per heavy atom. The molecular formula is C11H11BrN4O3. The monoisotopic (exact) mass is 326 g/mol. The minimum Gasteiger partial charge on any atom is -0.411 e. The molecule has 7 nitrogen and oxygen atoms in total. The zero-order valence-corrected chi connectivity index (χ0v) is 11.5. The molecular weight excluding hydrogens is 316 g/mol. The predicted octanol–water partition coefficient (Wildman–Crippen LogP) is 2.23. The van der Waals surface area contributed by atoms with E-state index < -0.39 is 5.97 Å². The molecule has 0 radical (unpaired) electrons. The van der Waals surface area contributed by atoms with Gasteiger partial charge >= 0.3 is 5.97 Å². The molecule has 0 aliphatic rings. The highest BCUT2D eigenvalue weighted by molar-refractivity contribution is 9.10. The van der Waals surface area contributed by atoms with Gasteiger partial charge in [0.05, 0.1) is 18.1 Å². The van der Waals surface area contributed by atoms with Crippen LogP contribution in [0.15, 0.2) is 44.2 Å². The minimum atomic E-state index is -0.560. The normalized spacial score (nSPS) is 12.0. The van der Waals surface area contributed by atoms with Crippen molar-refractivity contribution in [1.29, 1.82) is 0 Å². The highest BCUT2D eigenvalue weighted by Gasteiger charge is 1.97. The molecule has 0 unspecified atom stereocenters. The van der Waals surface area contributed by atoms with Gasteiger partial charge in [-0.3, -0.25) is 5.43 Å². The highest BCUT2D eigenvalue weighted by atomic mass is 79.9. The van der Waals surface area contributed by atoms with Gasteiger partial charge in [0, 0.05) is 11.4 Å². The van der Waals surface area contributed by atoms with E-state index in [1.165, 1.54) is 6.92 Å². The summed E-state index contributed by atoms with van der Waals surface area (Å²) in [5.41, 5.74) is 3.62. The van der Waals surface area contributed by atoms with Gasteiger partial charge < -0.3 is 10.0 Å². The number of rotatable bonds is 5. The molecule has 0 aliphatic heterocycles. The number of nitrogens with one attached hydrogen (secondary N) is 1. The summed E-state index contributed by atoms with van der Waals surface area (Å²) in [5.74, 6) is -0.560. The molecule has 19 heavy (non-hydrogen) atoms. The number of carbonyl (C=O) groups excluding carboxylic acids is 1. The van der Waals surface area contributed by atoms with Gasteiger partial charge in [0.25, 0.3) is 0 Å². The second-order valence-corrected chi connectivity index (χ2v) is 4.04. The van der Waals surface area contributed by atoms with E-state index in [0.29, 0.717) is 5.69 Å². The first-order valence-corrected chi connectivity index (χ1v) is 5.89. The molecule has 0 fully saturated rings. The van der Waals surface area contributed by atoms with Crippen LogP contribution >= 0.6 is 15.9 Å². The fourth-order valence-electron chi connectivity index (χ4n) is 0.981. The van der Waals surface area contributed by atoms with Crippen LogP contribution in [0.2, 0.25) is 0 Å². The molecule has 0 saturated heterocycles. The van der Waals surface area contributed by atoms with Crippen LogP contribution in [0.5, 0.6) is 0 Å². The average molecular weight is 327 g/mol. The molecule has 0 saturated carbocycles. The van der Waals surface area contributed by atoms with Crippen molar-refractivity contribution in [2.45, 2.75) is 6.92 Å². The first-order chi connectivity index (χ1) is 9.13. The number of halogens is 1. The first-order valence-electron chi connectivity index (χ1n) is 5.10. The Labute approximate surface area is 117 Å². The van der Waals surface area contributed by atoms with Crippen molar-refractivity contribution in [3.63, 3.8) is 0 Å². The third-order valence-corrected chi connectivity index (χ3v) is 2.43. The van der Waals surface area contributed by atoms with Gasteiger partial charge in [-0.1, -0.05) is 22.4 Å². The van der Waals surface area contributed by atoms with E-state index in [2.05, 4.69) is 41.6 Å². The van der Waals surface area contributed by atoms with Gasteiger partial charge in [0.2, 0.25) is 0 Å². The third kappa shape index (κ3) is 5.77. The molecule has 8 heteroatoms. The molecule has 2 N–H and O–H groups in total. The predicted molar refractivity (Wildman–Crippen MR) is 75.7 cm³/mol. The van der Waals surface area contributed by atoms with Crippen molar-refractivity contribution in [1.82, 2.24) is 0 Å². The van der Waals surface area contributed by atoms with E-state index in [4.69, 9.17) is 5.21 Å². The van der Waals surface area contributed by atoms with Gasteiger partial charge in [0.1, 0.15) is 5.71 Å². The molecule has 0 spiro atoms.